The van der Waals surface area contributed by atoms with Crippen LogP contribution in [0.4, 0.5) is 4.39 Å². The molecule has 98 valence electrons. The molecule has 4 heteroatoms. The summed E-state index contributed by atoms with van der Waals surface area (Å²) in [4.78, 5) is 12.2. The second-order valence-electron chi connectivity index (χ2n) is 4.12. The van der Waals surface area contributed by atoms with E-state index in [-0.39, 0.29) is 10.8 Å². The van der Waals surface area contributed by atoms with Crippen LogP contribution >= 0.6 is 23.4 Å². The molecule has 0 spiro atoms. The van der Waals surface area contributed by atoms with Crippen molar-refractivity contribution in [1.29, 1.82) is 0 Å². The third kappa shape index (κ3) is 3.82. The van der Waals surface area contributed by atoms with Crippen LogP contribution in [0.1, 0.15) is 22.8 Å². The molecule has 0 bridgehead atoms. The lowest BCUT2D eigenvalue weighted by molar-refractivity contribution is 0.101. The maximum Gasteiger partial charge on any atom is 0.159 e. The fourth-order valence-electron chi connectivity index (χ4n) is 1.58. The van der Waals surface area contributed by atoms with Gasteiger partial charge in [-0.05, 0) is 36.8 Å². The summed E-state index contributed by atoms with van der Waals surface area (Å²) in [5.41, 5.74) is 1.57. The molecule has 0 saturated carbocycles. The maximum atomic E-state index is 13.3. The Morgan fingerprint density at radius 2 is 1.89 bits per heavy atom. The van der Waals surface area contributed by atoms with E-state index in [0.717, 1.165) is 10.5 Å². The molecular formula is C15H12ClFOS. The van der Waals surface area contributed by atoms with E-state index in [0.29, 0.717) is 11.3 Å². The molecule has 0 aromatic heterocycles. The lowest BCUT2D eigenvalue weighted by Crippen LogP contribution is -1.90. The molecule has 0 amide bonds. The van der Waals surface area contributed by atoms with Gasteiger partial charge in [0.15, 0.2) is 5.78 Å². The first-order chi connectivity index (χ1) is 9.06. The molecule has 1 nitrogen and oxygen atoms in total. The van der Waals surface area contributed by atoms with Crippen molar-refractivity contribution in [3.8, 4) is 0 Å². The number of hydrogen-bond acceptors (Lipinski definition) is 2. The largest absolute Gasteiger partial charge is 0.295 e. The van der Waals surface area contributed by atoms with Gasteiger partial charge in [-0.1, -0.05) is 29.8 Å². The Labute approximate surface area is 120 Å². The zero-order valence-electron chi connectivity index (χ0n) is 10.3. The van der Waals surface area contributed by atoms with E-state index >= 15 is 0 Å². The highest BCUT2D eigenvalue weighted by molar-refractivity contribution is 7.98. The van der Waals surface area contributed by atoms with Gasteiger partial charge in [-0.3, -0.25) is 4.79 Å². The first-order valence-electron chi connectivity index (χ1n) is 5.74. The van der Waals surface area contributed by atoms with Crippen LogP contribution in [0.5, 0.6) is 0 Å². The summed E-state index contributed by atoms with van der Waals surface area (Å²) in [5.74, 6) is 0.316. The van der Waals surface area contributed by atoms with E-state index in [1.54, 1.807) is 36.9 Å². The zero-order chi connectivity index (χ0) is 13.8. The second kappa shape index (κ2) is 6.22. The van der Waals surface area contributed by atoms with Gasteiger partial charge in [0.25, 0.3) is 0 Å². The molecule has 0 N–H and O–H groups in total. The van der Waals surface area contributed by atoms with Crippen LogP contribution in [0.25, 0.3) is 0 Å². The minimum atomic E-state index is -0.397. The molecule has 0 radical (unpaired) electrons. The quantitative estimate of drug-likeness (QED) is 0.585. The number of hydrogen-bond donors (Lipinski definition) is 0. The highest BCUT2D eigenvalue weighted by Gasteiger charge is 2.03. The van der Waals surface area contributed by atoms with Gasteiger partial charge in [0.05, 0.1) is 5.02 Å². The number of carbonyl (C=O) groups is 1. The van der Waals surface area contributed by atoms with Crippen LogP contribution in [0, 0.1) is 5.82 Å². The topological polar surface area (TPSA) is 17.1 Å². The molecule has 0 saturated heterocycles. The van der Waals surface area contributed by atoms with Crippen LogP contribution in [0.3, 0.4) is 0 Å². The normalized spacial score (nSPS) is 10.5. The molecule has 0 aliphatic rings. The van der Waals surface area contributed by atoms with E-state index in [2.05, 4.69) is 0 Å². The van der Waals surface area contributed by atoms with Crippen LogP contribution in [-0.2, 0) is 5.75 Å². The summed E-state index contributed by atoms with van der Waals surface area (Å²) in [6.45, 7) is 1.54. The Morgan fingerprint density at radius 3 is 2.47 bits per heavy atom. The summed E-state index contributed by atoms with van der Waals surface area (Å²) >= 11 is 7.22. The van der Waals surface area contributed by atoms with Crippen molar-refractivity contribution in [2.75, 3.05) is 0 Å². The lowest BCUT2D eigenvalue weighted by atomic mass is 10.2. The standard InChI is InChI=1S/C15H12ClFOS/c1-10(18)12-3-5-13(6-4-12)19-9-11-2-7-14(16)15(17)8-11/h2-8H,9H2,1H3. The van der Waals surface area contributed by atoms with Crippen molar-refractivity contribution in [2.24, 2.45) is 0 Å². The van der Waals surface area contributed by atoms with Gasteiger partial charge >= 0.3 is 0 Å². The van der Waals surface area contributed by atoms with E-state index in [1.807, 2.05) is 18.2 Å². The fraction of sp³-hybridized carbons (Fsp3) is 0.133. The number of benzene rings is 2. The summed E-state index contributed by atoms with van der Waals surface area (Å²) in [7, 11) is 0. The highest BCUT2D eigenvalue weighted by atomic mass is 35.5. The minimum absolute atomic E-state index is 0.0522. The molecule has 0 aliphatic carbocycles. The number of rotatable bonds is 4. The van der Waals surface area contributed by atoms with Crippen molar-refractivity contribution < 1.29 is 9.18 Å². The van der Waals surface area contributed by atoms with E-state index in [1.165, 1.54) is 6.07 Å². The van der Waals surface area contributed by atoms with Crippen molar-refractivity contribution in [2.45, 2.75) is 17.6 Å². The highest BCUT2D eigenvalue weighted by Crippen LogP contribution is 2.25. The first-order valence-corrected chi connectivity index (χ1v) is 7.10. The summed E-state index contributed by atoms with van der Waals surface area (Å²) in [5, 5.41) is 0.138. The predicted octanol–water partition coefficient (Wildman–Crippen LogP) is 4.97. The monoisotopic (exact) mass is 294 g/mol. The van der Waals surface area contributed by atoms with Crippen LogP contribution in [0.15, 0.2) is 47.4 Å². The average Bonchev–Trinajstić information content (AvgIpc) is 2.40. The van der Waals surface area contributed by atoms with Crippen molar-refractivity contribution >= 4 is 29.1 Å². The van der Waals surface area contributed by atoms with Gasteiger partial charge in [0.2, 0.25) is 0 Å². The molecule has 2 aromatic rings. The molecule has 0 atom stereocenters. The number of ketones is 1. The van der Waals surface area contributed by atoms with Gasteiger partial charge in [-0.15, -0.1) is 11.8 Å². The van der Waals surface area contributed by atoms with Gasteiger partial charge in [-0.25, -0.2) is 4.39 Å². The predicted molar refractivity (Wildman–Crippen MR) is 77.4 cm³/mol. The Bertz CT molecular complexity index is 596. The SMILES string of the molecule is CC(=O)c1ccc(SCc2ccc(Cl)c(F)c2)cc1. The summed E-state index contributed by atoms with van der Waals surface area (Å²) in [6.07, 6.45) is 0. The Kier molecular flexibility index (Phi) is 4.61. The van der Waals surface area contributed by atoms with Crippen LogP contribution < -0.4 is 0 Å². The number of thioether (sulfide) groups is 1. The molecule has 2 aromatic carbocycles. The first kappa shape index (κ1) is 14.1. The van der Waals surface area contributed by atoms with Gasteiger partial charge in [-0.2, -0.15) is 0 Å². The molecule has 0 aliphatic heterocycles. The Balaban J connectivity index is 2.01. The van der Waals surface area contributed by atoms with Crippen molar-refractivity contribution in [1.82, 2.24) is 0 Å². The molecular weight excluding hydrogens is 283 g/mol. The Morgan fingerprint density at radius 1 is 1.21 bits per heavy atom. The molecule has 0 fully saturated rings. The molecule has 19 heavy (non-hydrogen) atoms. The van der Waals surface area contributed by atoms with Gasteiger partial charge in [0, 0.05) is 16.2 Å². The van der Waals surface area contributed by atoms with E-state index in [9.17, 15) is 9.18 Å². The summed E-state index contributed by atoms with van der Waals surface area (Å²) in [6, 6.07) is 12.2. The average molecular weight is 295 g/mol. The molecule has 2 rings (SSSR count). The lowest BCUT2D eigenvalue weighted by Gasteiger charge is -2.04. The number of Topliss-reactive ketones (excluding diaryl/α,β-unsaturated/α-hetero) is 1. The van der Waals surface area contributed by atoms with Crippen LogP contribution in [0.2, 0.25) is 5.02 Å². The fourth-order valence-corrected chi connectivity index (χ4v) is 2.54. The zero-order valence-corrected chi connectivity index (χ0v) is 11.9. The minimum Gasteiger partial charge on any atom is -0.295 e. The smallest absolute Gasteiger partial charge is 0.159 e. The maximum absolute atomic E-state index is 13.3. The van der Waals surface area contributed by atoms with Crippen LogP contribution in [-0.4, -0.2) is 5.78 Å². The van der Waals surface area contributed by atoms with Crippen molar-refractivity contribution in [3.63, 3.8) is 0 Å². The van der Waals surface area contributed by atoms with Gasteiger partial charge < -0.3 is 0 Å². The van der Waals surface area contributed by atoms with E-state index < -0.39 is 5.82 Å². The second-order valence-corrected chi connectivity index (χ2v) is 5.57. The van der Waals surface area contributed by atoms with Crippen molar-refractivity contribution in [3.05, 3.63) is 64.4 Å². The number of halogens is 2. The third-order valence-electron chi connectivity index (χ3n) is 2.65. The summed E-state index contributed by atoms with van der Waals surface area (Å²) < 4.78 is 13.3. The molecule has 0 heterocycles. The Hall–Kier alpha value is -1.32. The van der Waals surface area contributed by atoms with E-state index in [4.69, 9.17) is 11.6 Å². The number of carbonyl (C=O) groups excluding carboxylic acids is 1. The van der Waals surface area contributed by atoms with Gasteiger partial charge in [0.1, 0.15) is 5.82 Å². The third-order valence-corrected chi connectivity index (χ3v) is 4.04. The molecule has 0 unspecified atom stereocenters.